The van der Waals surface area contributed by atoms with E-state index in [0.29, 0.717) is 13.0 Å². The molecule has 1 aliphatic carbocycles. The van der Waals surface area contributed by atoms with Crippen molar-refractivity contribution in [1.82, 2.24) is 14.8 Å². The van der Waals surface area contributed by atoms with Crippen molar-refractivity contribution < 1.29 is 5.11 Å². The minimum atomic E-state index is -0.891. The van der Waals surface area contributed by atoms with Crippen molar-refractivity contribution in [1.29, 1.82) is 0 Å². The predicted octanol–water partition coefficient (Wildman–Crippen LogP) is 3.33. The van der Waals surface area contributed by atoms with Gasteiger partial charge in [-0.1, -0.05) is 45.1 Å². The molecule has 0 fully saturated rings. The molecule has 1 N–H and O–H groups in total. The molecule has 0 bridgehead atoms. The lowest BCUT2D eigenvalue weighted by Gasteiger charge is -2.42. The Kier molecular flexibility index (Phi) is 4.59. The molecule has 2 atom stereocenters. The van der Waals surface area contributed by atoms with Gasteiger partial charge in [-0.25, -0.2) is 4.98 Å². The first-order chi connectivity index (χ1) is 9.74. The molecule has 4 nitrogen and oxygen atoms in total. The third kappa shape index (κ3) is 3.95. The molecule has 0 aliphatic heterocycles. The van der Waals surface area contributed by atoms with E-state index < -0.39 is 10.5 Å². The highest BCUT2D eigenvalue weighted by Crippen LogP contribution is 2.40. The first-order valence-electron chi connectivity index (χ1n) is 7.32. The minimum absolute atomic E-state index is 0.277. The molecule has 5 heteroatoms. The number of allylic oxidation sites excluding steroid dienone is 4. The second kappa shape index (κ2) is 5.93. The van der Waals surface area contributed by atoms with Gasteiger partial charge in [-0.3, -0.25) is 4.68 Å². The number of hydrogen-bond donors (Lipinski definition) is 1. The van der Waals surface area contributed by atoms with Crippen molar-refractivity contribution in [2.24, 2.45) is 5.41 Å². The Labute approximate surface area is 131 Å². The predicted molar refractivity (Wildman–Crippen MR) is 85.1 cm³/mol. The number of aromatic nitrogens is 3. The lowest BCUT2D eigenvalue weighted by molar-refractivity contribution is -0.0821. The number of alkyl halides is 1. The van der Waals surface area contributed by atoms with Gasteiger partial charge in [0, 0.05) is 0 Å². The van der Waals surface area contributed by atoms with Crippen LogP contribution < -0.4 is 0 Å². The normalized spacial score (nSPS) is 25.0. The first kappa shape index (κ1) is 16.2. The van der Waals surface area contributed by atoms with E-state index in [1.807, 2.05) is 39.0 Å². The van der Waals surface area contributed by atoms with Crippen molar-refractivity contribution in [3.63, 3.8) is 0 Å². The lowest BCUT2D eigenvalue weighted by Crippen LogP contribution is -2.47. The molecule has 1 heterocycles. The molecule has 0 saturated carbocycles. The van der Waals surface area contributed by atoms with E-state index in [4.69, 9.17) is 11.6 Å². The zero-order chi connectivity index (χ0) is 15.6. The standard InChI is InChI=1S/C16H24ClN3O/c1-14(2,3)16(21,11-20-13-18-12-19-20)10-9-15(17)7-5-4-6-8-15/h4-7,12-13,21H,8-11H2,1-3H3. The molecule has 2 rings (SSSR count). The summed E-state index contributed by atoms with van der Waals surface area (Å²) < 4.78 is 1.68. The fourth-order valence-electron chi connectivity index (χ4n) is 2.51. The summed E-state index contributed by atoms with van der Waals surface area (Å²) in [4.78, 5) is 3.55. The Hall–Kier alpha value is -1.13. The topological polar surface area (TPSA) is 50.9 Å². The number of rotatable bonds is 5. The monoisotopic (exact) mass is 309 g/mol. The zero-order valence-corrected chi connectivity index (χ0v) is 13.7. The van der Waals surface area contributed by atoms with Crippen LogP contribution in [0.3, 0.4) is 0 Å². The molecular weight excluding hydrogens is 286 g/mol. The van der Waals surface area contributed by atoms with Crippen LogP contribution in [-0.4, -0.2) is 30.3 Å². The number of nitrogens with zero attached hydrogens (tertiary/aromatic N) is 3. The Morgan fingerprint density at radius 1 is 1.33 bits per heavy atom. The Bertz CT molecular complexity index is 518. The van der Waals surface area contributed by atoms with Crippen LogP contribution in [0.25, 0.3) is 0 Å². The summed E-state index contributed by atoms with van der Waals surface area (Å²) in [5.41, 5.74) is -1.17. The van der Waals surface area contributed by atoms with E-state index in [2.05, 4.69) is 16.2 Å². The van der Waals surface area contributed by atoms with Crippen LogP contribution in [0.15, 0.2) is 37.0 Å². The van der Waals surface area contributed by atoms with Gasteiger partial charge in [0.1, 0.15) is 12.7 Å². The smallest absolute Gasteiger partial charge is 0.137 e. The molecule has 0 radical (unpaired) electrons. The van der Waals surface area contributed by atoms with Crippen LogP contribution in [0, 0.1) is 5.41 Å². The Morgan fingerprint density at radius 2 is 2.10 bits per heavy atom. The quantitative estimate of drug-likeness (QED) is 0.849. The number of aliphatic hydroxyl groups is 1. The third-order valence-electron chi connectivity index (χ3n) is 4.34. The highest BCUT2D eigenvalue weighted by molar-refractivity contribution is 6.25. The average molecular weight is 310 g/mol. The zero-order valence-electron chi connectivity index (χ0n) is 13.0. The molecule has 0 aromatic carbocycles. The Balaban J connectivity index is 2.10. The maximum absolute atomic E-state index is 11.2. The third-order valence-corrected chi connectivity index (χ3v) is 4.81. The Morgan fingerprint density at radius 3 is 2.62 bits per heavy atom. The van der Waals surface area contributed by atoms with Crippen LogP contribution in [0.5, 0.6) is 0 Å². The molecule has 0 saturated heterocycles. The largest absolute Gasteiger partial charge is 0.387 e. The van der Waals surface area contributed by atoms with Crippen molar-refractivity contribution in [2.75, 3.05) is 0 Å². The van der Waals surface area contributed by atoms with Crippen LogP contribution in [0.4, 0.5) is 0 Å². The van der Waals surface area contributed by atoms with Gasteiger partial charge in [0.2, 0.25) is 0 Å². The molecule has 1 aromatic heterocycles. The van der Waals surface area contributed by atoms with Gasteiger partial charge >= 0.3 is 0 Å². The maximum Gasteiger partial charge on any atom is 0.137 e. The summed E-state index contributed by atoms with van der Waals surface area (Å²) in [5.74, 6) is 0. The van der Waals surface area contributed by atoms with E-state index in [0.717, 1.165) is 12.8 Å². The number of halogens is 1. The molecule has 1 aromatic rings. The fraction of sp³-hybridized carbons (Fsp3) is 0.625. The van der Waals surface area contributed by atoms with Crippen LogP contribution >= 0.6 is 11.6 Å². The van der Waals surface area contributed by atoms with Gasteiger partial charge in [0.25, 0.3) is 0 Å². The van der Waals surface area contributed by atoms with Crippen LogP contribution in [0.2, 0.25) is 0 Å². The fourth-order valence-corrected chi connectivity index (χ4v) is 2.77. The molecule has 116 valence electrons. The first-order valence-corrected chi connectivity index (χ1v) is 7.70. The van der Waals surface area contributed by atoms with E-state index >= 15 is 0 Å². The molecular formula is C16H24ClN3O. The van der Waals surface area contributed by atoms with Gasteiger partial charge in [-0.05, 0) is 24.7 Å². The minimum Gasteiger partial charge on any atom is -0.387 e. The van der Waals surface area contributed by atoms with Gasteiger partial charge in [-0.15, -0.1) is 11.6 Å². The van der Waals surface area contributed by atoms with Crippen molar-refractivity contribution in [2.45, 2.75) is 57.1 Å². The molecule has 21 heavy (non-hydrogen) atoms. The van der Waals surface area contributed by atoms with Crippen molar-refractivity contribution in [3.8, 4) is 0 Å². The van der Waals surface area contributed by atoms with E-state index in [1.165, 1.54) is 6.33 Å². The van der Waals surface area contributed by atoms with E-state index in [-0.39, 0.29) is 5.41 Å². The summed E-state index contributed by atoms with van der Waals surface area (Å²) in [6, 6.07) is 0. The van der Waals surface area contributed by atoms with Crippen LogP contribution in [0.1, 0.15) is 40.0 Å². The van der Waals surface area contributed by atoms with Gasteiger partial charge < -0.3 is 5.11 Å². The van der Waals surface area contributed by atoms with E-state index in [1.54, 1.807) is 11.0 Å². The summed E-state index contributed by atoms with van der Waals surface area (Å²) >= 11 is 6.63. The summed E-state index contributed by atoms with van der Waals surface area (Å²) in [7, 11) is 0. The molecule has 1 aliphatic rings. The lowest BCUT2D eigenvalue weighted by atomic mass is 9.72. The second-order valence-electron chi connectivity index (χ2n) is 6.90. The van der Waals surface area contributed by atoms with Gasteiger partial charge in [0.15, 0.2) is 0 Å². The number of hydrogen-bond acceptors (Lipinski definition) is 3. The summed E-state index contributed by atoms with van der Waals surface area (Å²) in [6.45, 7) is 6.55. The van der Waals surface area contributed by atoms with E-state index in [9.17, 15) is 5.11 Å². The highest BCUT2D eigenvalue weighted by Gasteiger charge is 2.42. The molecule has 0 amide bonds. The highest BCUT2D eigenvalue weighted by atomic mass is 35.5. The van der Waals surface area contributed by atoms with Gasteiger partial charge in [0.05, 0.1) is 17.0 Å². The SMILES string of the molecule is CC(C)(C)C(O)(CCC1(Cl)C=CC=CC1)Cn1cncn1. The van der Waals surface area contributed by atoms with Crippen LogP contribution in [-0.2, 0) is 6.54 Å². The molecule has 0 spiro atoms. The molecule has 2 unspecified atom stereocenters. The van der Waals surface area contributed by atoms with Gasteiger partial charge in [-0.2, -0.15) is 5.10 Å². The average Bonchev–Trinajstić information content (AvgIpc) is 2.89. The summed E-state index contributed by atoms with van der Waals surface area (Å²) in [5, 5.41) is 15.3. The van der Waals surface area contributed by atoms with Crippen molar-refractivity contribution >= 4 is 11.6 Å². The maximum atomic E-state index is 11.2. The van der Waals surface area contributed by atoms with Crippen molar-refractivity contribution in [3.05, 3.63) is 37.0 Å². The second-order valence-corrected chi connectivity index (χ2v) is 7.65. The summed E-state index contributed by atoms with van der Waals surface area (Å²) in [6.07, 6.45) is 13.3.